The van der Waals surface area contributed by atoms with Gasteiger partial charge in [-0.05, 0) is 47.5 Å². The number of nitrogens with one attached hydrogen (secondary N) is 1. The van der Waals surface area contributed by atoms with Crippen molar-refractivity contribution in [1.29, 1.82) is 0 Å². The summed E-state index contributed by atoms with van der Waals surface area (Å²) >= 11 is 0. The summed E-state index contributed by atoms with van der Waals surface area (Å²) in [6, 6.07) is 53.2. The molecule has 44 heavy (non-hydrogen) atoms. The second-order valence-corrected chi connectivity index (χ2v) is 11.2. The SMILES string of the molecule is c1ccc(-c2cc(-c3ccccc3)nc(-n3c4ccccc4c4cc5c(cc43)-c3ccccc3Nc3ccccc3-5)n2)cc1. The van der Waals surface area contributed by atoms with Crippen LogP contribution in [0.15, 0.2) is 152 Å². The van der Waals surface area contributed by atoms with Crippen LogP contribution in [0.3, 0.4) is 0 Å². The van der Waals surface area contributed by atoms with Gasteiger partial charge in [0.1, 0.15) is 0 Å². The van der Waals surface area contributed by atoms with Gasteiger partial charge in [0.2, 0.25) is 5.95 Å². The zero-order chi connectivity index (χ0) is 29.0. The van der Waals surface area contributed by atoms with Crippen LogP contribution in [0.4, 0.5) is 11.4 Å². The number of anilines is 2. The van der Waals surface area contributed by atoms with Gasteiger partial charge in [-0.25, -0.2) is 9.97 Å². The topological polar surface area (TPSA) is 42.7 Å². The van der Waals surface area contributed by atoms with E-state index in [0.717, 1.165) is 44.9 Å². The predicted octanol–water partition coefficient (Wildman–Crippen LogP) is 10.3. The van der Waals surface area contributed by atoms with Crippen LogP contribution in [-0.4, -0.2) is 14.5 Å². The molecule has 0 spiro atoms. The third-order valence-corrected chi connectivity index (χ3v) is 8.57. The minimum Gasteiger partial charge on any atom is -0.355 e. The van der Waals surface area contributed by atoms with Crippen LogP contribution in [0.1, 0.15) is 0 Å². The molecule has 1 aliphatic heterocycles. The van der Waals surface area contributed by atoms with Crippen molar-refractivity contribution in [2.45, 2.75) is 0 Å². The molecule has 4 nitrogen and oxygen atoms in total. The molecule has 0 unspecified atom stereocenters. The summed E-state index contributed by atoms with van der Waals surface area (Å²) in [7, 11) is 0. The largest absolute Gasteiger partial charge is 0.355 e. The summed E-state index contributed by atoms with van der Waals surface area (Å²) in [5.74, 6) is 0.650. The first-order valence-electron chi connectivity index (χ1n) is 14.9. The molecule has 0 aliphatic carbocycles. The van der Waals surface area contributed by atoms with E-state index in [9.17, 15) is 0 Å². The summed E-state index contributed by atoms with van der Waals surface area (Å²) in [6.07, 6.45) is 0. The minimum atomic E-state index is 0.650. The number of benzene rings is 6. The van der Waals surface area contributed by atoms with Gasteiger partial charge in [0, 0.05) is 44.4 Å². The molecule has 0 saturated heterocycles. The summed E-state index contributed by atoms with van der Waals surface area (Å²) < 4.78 is 2.23. The molecule has 0 atom stereocenters. The Labute approximate surface area is 254 Å². The van der Waals surface area contributed by atoms with E-state index in [-0.39, 0.29) is 0 Å². The van der Waals surface area contributed by atoms with E-state index in [1.165, 1.54) is 33.0 Å². The van der Waals surface area contributed by atoms with Crippen molar-refractivity contribution in [2.75, 3.05) is 5.32 Å². The van der Waals surface area contributed by atoms with Crippen molar-refractivity contribution in [2.24, 2.45) is 0 Å². The number of hydrogen-bond acceptors (Lipinski definition) is 3. The standard InChI is InChI=1S/C40H26N4/c1-3-13-26(14-4-1)36-25-37(27-15-5-2-6-16-27)43-40(42-36)44-38-22-12-9-19-30(38)33-23-31-28-17-7-10-20-34(28)41-35-21-11-8-18-29(35)32(31)24-39(33)44/h1-25,41H. The Morgan fingerprint density at radius 3 is 1.57 bits per heavy atom. The number of rotatable bonds is 3. The Bertz CT molecular complexity index is 2300. The fourth-order valence-electron chi connectivity index (χ4n) is 6.52. The van der Waals surface area contributed by atoms with Crippen molar-refractivity contribution >= 4 is 33.2 Å². The maximum atomic E-state index is 5.22. The maximum Gasteiger partial charge on any atom is 0.235 e. The van der Waals surface area contributed by atoms with Crippen LogP contribution in [0.2, 0.25) is 0 Å². The van der Waals surface area contributed by atoms with Gasteiger partial charge in [0.05, 0.1) is 22.4 Å². The fourth-order valence-corrected chi connectivity index (χ4v) is 6.52. The van der Waals surface area contributed by atoms with E-state index in [1.807, 2.05) is 12.1 Å². The molecule has 2 aromatic heterocycles. The van der Waals surface area contributed by atoms with Gasteiger partial charge in [0.15, 0.2) is 0 Å². The van der Waals surface area contributed by atoms with Gasteiger partial charge >= 0.3 is 0 Å². The van der Waals surface area contributed by atoms with Gasteiger partial charge in [-0.1, -0.05) is 115 Å². The zero-order valence-corrected chi connectivity index (χ0v) is 23.8. The lowest BCUT2D eigenvalue weighted by atomic mass is 9.92. The smallest absolute Gasteiger partial charge is 0.235 e. The molecule has 0 amide bonds. The Balaban J connectivity index is 1.39. The summed E-state index contributed by atoms with van der Waals surface area (Å²) in [5, 5.41) is 6.04. The molecule has 0 bridgehead atoms. The van der Waals surface area contributed by atoms with Gasteiger partial charge in [-0.2, -0.15) is 0 Å². The van der Waals surface area contributed by atoms with Gasteiger partial charge in [-0.15, -0.1) is 0 Å². The lowest BCUT2D eigenvalue weighted by molar-refractivity contribution is 0.996. The number of nitrogens with zero attached hydrogens (tertiary/aromatic N) is 3. The van der Waals surface area contributed by atoms with E-state index in [2.05, 4.69) is 149 Å². The number of hydrogen-bond donors (Lipinski definition) is 1. The van der Waals surface area contributed by atoms with Crippen molar-refractivity contribution in [3.63, 3.8) is 0 Å². The first-order chi connectivity index (χ1) is 21.8. The van der Waals surface area contributed by atoms with Crippen LogP contribution in [0.5, 0.6) is 0 Å². The lowest BCUT2D eigenvalue weighted by Gasteiger charge is -2.14. The first-order valence-corrected chi connectivity index (χ1v) is 14.9. The molecule has 3 heterocycles. The van der Waals surface area contributed by atoms with Crippen LogP contribution < -0.4 is 5.32 Å². The van der Waals surface area contributed by atoms with E-state index >= 15 is 0 Å². The molecule has 0 saturated carbocycles. The Morgan fingerprint density at radius 2 is 0.932 bits per heavy atom. The Hall–Kier alpha value is -6.00. The third kappa shape index (κ3) is 3.85. The number of fused-ring (bicyclic) bond motifs is 8. The molecule has 0 fully saturated rings. The fraction of sp³-hybridized carbons (Fsp3) is 0. The van der Waals surface area contributed by atoms with Gasteiger partial charge in [-0.3, -0.25) is 4.57 Å². The zero-order valence-electron chi connectivity index (χ0n) is 23.8. The lowest BCUT2D eigenvalue weighted by Crippen LogP contribution is -2.04. The average Bonchev–Trinajstić information content (AvgIpc) is 3.34. The number of para-hydroxylation sites is 3. The molecule has 206 valence electrons. The molecule has 8 aromatic rings. The molecule has 1 N–H and O–H groups in total. The normalized spacial score (nSPS) is 11.8. The Morgan fingerprint density at radius 1 is 0.409 bits per heavy atom. The maximum absolute atomic E-state index is 5.22. The van der Waals surface area contributed by atoms with Gasteiger partial charge < -0.3 is 5.32 Å². The second kappa shape index (κ2) is 9.79. The molecular formula is C40H26N4. The van der Waals surface area contributed by atoms with Gasteiger partial charge in [0.25, 0.3) is 0 Å². The van der Waals surface area contributed by atoms with Crippen molar-refractivity contribution in [3.05, 3.63) is 152 Å². The highest BCUT2D eigenvalue weighted by atomic mass is 15.2. The van der Waals surface area contributed by atoms with Crippen LogP contribution in [-0.2, 0) is 0 Å². The van der Waals surface area contributed by atoms with E-state index < -0.39 is 0 Å². The van der Waals surface area contributed by atoms with Crippen LogP contribution >= 0.6 is 0 Å². The summed E-state index contributed by atoms with van der Waals surface area (Å²) in [6.45, 7) is 0. The first kappa shape index (κ1) is 24.6. The molecule has 0 radical (unpaired) electrons. The summed E-state index contributed by atoms with van der Waals surface area (Å²) in [4.78, 5) is 10.4. The molecule has 4 heteroatoms. The minimum absolute atomic E-state index is 0.650. The highest BCUT2D eigenvalue weighted by Gasteiger charge is 2.23. The molecular weight excluding hydrogens is 536 g/mol. The Kier molecular flexibility index (Phi) is 5.47. The van der Waals surface area contributed by atoms with Crippen LogP contribution in [0, 0.1) is 0 Å². The molecule has 1 aliphatic rings. The van der Waals surface area contributed by atoms with E-state index in [4.69, 9.17) is 9.97 Å². The second-order valence-electron chi connectivity index (χ2n) is 11.2. The summed E-state index contributed by atoms with van der Waals surface area (Å²) in [5.41, 5.74) is 13.0. The monoisotopic (exact) mass is 562 g/mol. The quantitative estimate of drug-likeness (QED) is 0.233. The highest BCUT2D eigenvalue weighted by molar-refractivity contribution is 6.14. The van der Waals surface area contributed by atoms with Crippen molar-refractivity contribution in [3.8, 4) is 50.7 Å². The van der Waals surface area contributed by atoms with Crippen molar-refractivity contribution < 1.29 is 0 Å². The molecule has 6 aromatic carbocycles. The van der Waals surface area contributed by atoms with Crippen molar-refractivity contribution in [1.82, 2.24) is 14.5 Å². The third-order valence-electron chi connectivity index (χ3n) is 8.57. The predicted molar refractivity (Wildman–Crippen MR) is 181 cm³/mol. The van der Waals surface area contributed by atoms with Crippen LogP contribution in [0.25, 0.3) is 72.5 Å². The highest BCUT2D eigenvalue weighted by Crippen LogP contribution is 2.47. The number of aromatic nitrogens is 3. The molecule has 9 rings (SSSR count). The average molecular weight is 563 g/mol. The van der Waals surface area contributed by atoms with E-state index in [1.54, 1.807) is 0 Å². The van der Waals surface area contributed by atoms with E-state index in [0.29, 0.717) is 5.95 Å².